The van der Waals surface area contributed by atoms with E-state index in [9.17, 15) is 4.39 Å². The number of rotatable bonds is 1. The molecular weight excluding hydrogens is 153 g/mol. The lowest BCUT2D eigenvalue weighted by Crippen LogP contribution is -2.00. The summed E-state index contributed by atoms with van der Waals surface area (Å²) in [5, 5.41) is 0. The number of pyridine rings is 1. The Balaban J connectivity index is 3.28. The third-order valence-electron chi connectivity index (χ3n) is 2.00. The number of hydrogen-bond donors (Lipinski definition) is 0. The van der Waals surface area contributed by atoms with Crippen molar-refractivity contribution in [2.45, 2.75) is 33.6 Å². The fourth-order valence-corrected chi connectivity index (χ4v) is 1.67. The molecule has 2 heteroatoms. The monoisotopic (exact) mass is 167 g/mol. The molecule has 0 fully saturated rings. The van der Waals surface area contributed by atoms with Gasteiger partial charge in [-0.1, -0.05) is 13.8 Å². The van der Waals surface area contributed by atoms with Crippen molar-refractivity contribution in [3.05, 3.63) is 28.8 Å². The van der Waals surface area contributed by atoms with Gasteiger partial charge in [0.05, 0.1) is 0 Å². The Labute approximate surface area is 72.6 Å². The molecule has 0 radical (unpaired) electrons. The molecule has 0 saturated carbocycles. The molecule has 66 valence electrons. The molecule has 0 aliphatic carbocycles. The molecule has 1 aromatic rings. The lowest BCUT2D eigenvalue weighted by atomic mass is 9.97. The van der Waals surface area contributed by atoms with E-state index < -0.39 is 0 Å². The molecule has 0 saturated heterocycles. The Morgan fingerprint density at radius 3 is 2.33 bits per heavy atom. The van der Waals surface area contributed by atoms with E-state index in [4.69, 9.17) is 0 Å². The minimum absolute atomic E-state index is 0.380. The van der Waals surface area contributed by atoms with E-state index in [-0.39, 0.29) is 5.95 Å². The molecule has 0 bridgehead atoms. The molecule has 0 N–H and O–H groups in total. The Kier molecular flexibility index (Phi) is 2.46. The van der Waals surface area contributed by atoms with Crippen molar-refractivity contribution in [3.8, 4) is 0 Å². The van der Waals surface area contributed by atoms with Crippen LogP contribution in [0.4, 0.5) is 4.39 Å². The van der Waals surface area contributed by atoms with Crippen LogP contribution >= 0.6 is 0 Å². The highest BCUT2D eigenvalue weighted by Gasteiger charge is 2.09. The molecule has 0 aromatic carbocycles. The molecule has 1 nitrogen and oxygen atoms in total. The second-order valence-corrected chi connectivity index (χ2v) is 3.42. The number of halogens is 1. The summed E-state index contributed by atoms with van der Waals surface area (Å²) in [5.74, 6) is 0.0347. The summed E-state index contributed by atoms with van der Waals surface area (Å²) < 4.78 is 12.8. The summed E-state index contributed by atoms with van der Waals surface area (Å²) in [6.45, 7) is 7.96. The Hall–Kier alpha value is -0.920. The summed E-state index contributed by atoms with van der Waals surface area (Å²) >= 11 is 0. The van der Waals surface area contributed by atoms with E-state index >= 15 is 0 Å². The van der Waals surface area contributed by atoms with Crippen LogP contribution in [0, 0.1) is 19.8 Å². The molecule has 1 heterocycles. The lowest BCUT2D eigenvalue weighted by molar-refractivity contribution is 0.574. The first-order valence-electron chi connectivity index (χ1n) is 4.16. The van der Waals surface area contributed by atoms with E-state index in [0.29, 0.717) is 5.92 Å². The van der Waals surface area contributed by atoms with Gasteiger partial charge in [-0.2, -0.15) is 4.39 Å². The zero-order chi connectivity index (χ0) is 9.30. The SMILES string of the molecule is Cc1cc(F)nc(C)c1C(C)C. The minimum Gasteiger partial charge on any atom is -0.225 e. The van der Waals surface area contributed by atoms with Gasteiger partial charge in [0.25, 0.3) is 0 Å². The predicted octanol–water partition coefficient (Wildman–Crippen LogP) is 2.96. The maximum absolute atomic E-state index is 12.8. The van der Waals surface area contributed by atoms with E-state index in [1.54, 1.807) is 0 Å². The van der Waals surface area contributed by atoms with E-state index in [0.717, 1.165) is 16.8 Å². The summed E-state index contributed by atoms with van der Waals surface area (Å²) in [6.07, 6.45) is 0. The van der Waals surface area contributed by atoms with Crippen molar-refractivity contribution in [1.29, 1.82) is 0 Å². The molecule has 0 aliphatic heterocycles. The molecule has 0 amide bonds. The zero-order valence-electron chi connectivity index (χ0n) is 7.98. The van der Waals surface area contributed by atoms with Crippen LogP contribution < -0.4 is 0 Å². The highest BCUT2D eigenvalue weighted by Crippen LogP contribution is 2.21. The van der Waals surface area contributed by atoms with E-state index in [1.165, 1.54) is 6.07 Å². The van der Waals surface area contributed by atoms with E-state index in [1.807, 2.05) is 13.8 Å². The first kappa shape index (κ1) is 9.17. The molecule has 1 aromatic heterocycles. The van der Waals surface area contributed by atoms with Crippen LogP contribution in [-0.2, 0) is 0 Å². The molecular formula is C10H14FN. The summed E-state index contributed by atoms with van der Waals surface area (Å²) in [7, 11) is 0. The van der Waals surface area contributed by atoms with Gasteiger partial charge in [-0.25, -0.2) is 4.98 Å². The van der Waals surface area contributed by atoms with Gasteiger partial charge in [0.15, 0.2) is 0 Å². The smallest absolute Gasteiger partial charge is 0.213 e. The largest absolute Gasteiger partial charge is 0.225 e. The van der Waals surface area contributed by atoms with Crippen LogP contribution in [0.3, 0.4) is 0 Å². The number of aryl methyl sites for hydroxylation is 2. The van der Waals surface area contributed by atoms with Crippen LogP contribution in [0.5, 0.6) is 0 Å². The Morgan fingerprint density at radius 1 is 1.33 bits per heavy atom. The van der Waals surface area contributed by atoms with Gasteiger partial charge in [-0.15, -0.1) is 0 Å². The Bertz CT molecular complexity index is 269. The normalized spacial score (nSPS) is 10.8. The fourth-order valence-electron chi connectivity index (χ4n) is 1.67. The van der Waals surface area contributed by atoms with Crippen molar-refractivity contribution in [1.82, 2.24) is 4.98 Å². The molecule has 0 aliphatic rings. The van der Waals surface area contributed by atoms with Crippen LogP contribution in [0.25, 0.3) is 0 Å². The maximum Gasteiger partial charge on any atom is 0.213 e. The standard InChI is InChI=1S/C10H14FN/c1-6(2)10-7(3)5-9(11)12-8(10)4/h5-6H,1-4H3. The van der Waals surface area contributed by atoms with Gasteiger partial charge in [0, 0.05) is 5.69 Å². The first-order valence-corrected chi connectivity index (χ1v) is 4.16. The summed E-state index contributed by atoms with van der Waals surface area (Å²) in [4.78, 5) is 3.79. The first-order chi connectivity index (χ1) is 5.52. The maximum atomic E-state index is 12.8. The van der Waals surface area contributed by atoms with Crippen LogP contribution in [0.1, 0.15) is 36.6 Å². The highest BCUT2D eigenvalue weighted by molar-refractivity contribution is 5.31. The second-order valence-electron chi connectivity index (χ2n) is 3.42. The number of hydrogen-bond acceptors (Lipinski definition) is 1. The fraction of sp³-hybridized carbons (Fsp3) is 0.500. The molecule has 1 rings (SSSR count). The zero-order valence-corrected chi connectivity index (χ0v) is 7.98. The van der Waals surface area contributed by atoms with Crippen molar-refractivity contribution < 1.29 is 4.39 Å². The van der Waals surface area contributed by atoms with Gasteiger partial charge in [-0.3, -0.25) is 0 Å². The van der Waals surface area contributed by atoms with Gasteiger partial charge in [0.1, 0.15) is 0 Å². The van der Waals surface area contributed by atoms with Crippen LogP contribution in [0.15, 0.2) is 6.07 Å². The molecule has 0 unspecified atom stereocenters. The third-order valence-corrected chi connectivity index (χ3v) is 2.00. The Morgan fingerprint density at radius 2 is 1.92 bits per heavy atom. The van der Waals surface area contributed by atoms with Crippen molar-refractivity contribution in [2.75, 3.05) is 0 Å². The summed E-state index contributed by atoms with van der Waals surface area (Å²) in [5.41, 5.74) is 2.97. The topological polar surface area (TPSA) is 12.9 Å². The third kappa shape index (κ3) is 1.63. The number of nitrogens with zero attached hydrogens (tertiary/aromatic N) is 1. The van der Waals surface area contributed by atoms with Gasteiger partial charge >= 0.3 is 0 Å². The van der Waals surface area contributed by atoms with Gasteiger partial charge in [-0.05, 0) is 37.0 Å². The predicted molar refractivity (Wildman–Crippen MR) is 47.8 cm³/mol. The van der Waals surface area contributed by atoms with Crippen molar-refractivity contribution in [3.63, 3.8) is 0 Å². The van der Waals surface area contributed by atoms with Crippen molar-refractivity contribution in [2.24, 2.45) is 0 Å². The quantitative estimate of drug-likeness (QED) is 0.586. The molecule has 0 atom stereocenters. The van der Waals surface area contributed by atoms with Crippen LogP contribution in [0.2, 0.25) is 0 Å². The second kappa shape index (κ2) is 3.21. The van der Waals surface area contributed by atoms with Gasteiger partial charge in [0.2, 0.25) is 5.95 Å². The van der Waals surface area contributed by atoms with E-state index in [2.05, 4.69) is 18.8 Å². The average molecular weight is 167 g/mol. The van der Waals surface area contributed by atoms with Gasteiger partial charge < -0.3 is 0 Å². The highest BCUT2D eigenvalue weighted by atomic mass is 19.1. The molecule has 12 heavy (non-hydrogen) atoms. The molecule has 0 spiro atoms. The average Bonchev–Trinajstić information content (AvgIpc) is 1.82. The summed E-state index contributed by atoms with van der Waals surface area (Å²) in [6, 6.07) is 1.49. The van der Waals surface area contributed by atoms with Crippen molar-refractivity contribution >= 4 is 0 Å². The van der Waals surface area contributed by atoms with Crippen LogP contribution in [-0.4, -0.2) is 4.98 Å². The lowest BCUT2D eigenvalue weighted by Gasteiger charge is -2.11. The number of aromatic nitrogens is 1. The minimum atomic E-state index is -0.380.